The Morgan fingerprint density at radius 1 is 1.17 bits per heavy atom. The molecule has 0 saturated heterocycles. The van der Waals surface area contributed by atoms with Gasteiger partial charge in [-0.25, -0.2) is 0 Å². The molecule has 0 bridgehead atoms. The topological polar surface area (TPSA) is 0 Å². The minimum absolute atomic E-state index is 0.499. The van der Waals surface area contributed by atoms with E-state index in [9.17, 15) is 0 Å². The minimum Gasteiger partial charge on any atom is -0.0845 e. The lowest BCUT2D eigenvalue weighted by Gasteiger charge is -2.30. The molecule has 0 heteroatoms. The van der Waals surface area contributed by atoms with Crippen LogP contribution >= 0.6 is 0 Å². The van der Waals surface area contributed by atoms with Gasteiger partial charge in [0.1, 0.15) is 0 Å². The predicted molar refractivity (Wildman–Crippen MR) is 55.1 cm³/mol. The van der Waals surface area contributed by atoms with Gasteiger partial charge in [0.15, 0.2) is 0 Å². The molecule has 1 aliphatic rings. The summed E-state index contributed by atoms with van der Waals surface area (Å²) < 4.78 is 0. The van der Waals surface area contributed by atoms with Gasteiger partial charge in [-0.2, -0.15) is 0 Å². The van der Waals surface area contributed by atoms with Crippen LogP contribution in [0.2, 0.25) is 0 Å². The van der Waals surface area contributed by atoms with Gasteiger partial charge in [-0.1, -0.05) is 45.1 Å². The van der Waals surface area contributed by atoms with Crippen molar-refractivity contribution in [2.24, 2.45) is 11.3 Å². The van der Waals surface area contributed by atoms with Crippen molar-refractivity contribution in [1.82, 2.24) is 0 Å². The van der Waals surface area contributed by atoms with E-state index in [4.69, 9.17) is 0 Å². The third-order valence-electron chi connectivity index (χ3n) is 3.16. The fourth-order valence-electron chi connectivity index (χ4n) is 1.56. The first-order valence-electron chi connectivity index (χ1n) is 4.94. The molecule has 0 aromatic heterocycles. The van der Waals surface area contributed by atoms with Crippen LogP contribution < -0.4 is 0 Å². The standard InChI is InChI=1S/C12H20/c1-11-9-7-5-4-6-8-10-12(11,2)3/h4-7,11H,8-10H2,1-3H3/b6-4-,7-5-. The van der Waals surface area contributed by atoms with Gasteiger partial charge in [-0.3, -0.25) is 0 Å². The van der Waals surface area contributed by atoms with E-state index in [2.05, 4.69) is 45.1 Å². The summed E-state index contributed by atoms with van der Waals surface area (Å²) in [6, 6.07) is 0. The van der Waals surface area contributed by atoms with E-state index >= 15 is 0 Å². The first-order valence-corrected chi connectivity index (χ1v) is 4.94. The van der Waals surface area contributed by atoms with Crippen molar-refractivity contribution < 1.29 is 0 Å². The van der Waals surface area contributed by atoms with E-state index in [0.29, 0.717) is 5.41 Å². The molecule has 0 amide bonds. The highest BCUT2D eigenvalue weighted by atomic mass is 14.3. The molecule has 12 heavy (non-hydrogen) atoms. The normalized spacial score (nSPS) is 34.4. The van der Waals surface area contributed by atoms with E-state index in [-0.39, 0.29) is 0 Å². The third-order valence-corrected chi connectivity index (χ3v) is 3.16. The lowest BCUT2D eigenvalue weighted by atomic mass is 9.75. The van der Waals surface area contributed by atoms with E-state index in [1.165, 1.54) is 19.3 Å². The van der Waals surface area contributed by atoms with Crippen LogP contribution in [0.4, 0.5) is 0 Å². The molecule has 0 saturated carbocycles. The van der Waals surface area contributed by atoms with Gasteiger partial charge < -0.3 is 0 Å². The van der Waals surface area contributed by atoms with Gasteiger partial charge in [0, 0.05) is 0 Å². The maximum atomic E-state index is 2.38. The number of hydrogen-bond acceptors (Lipinski definition) is 0. The second kappa shape index (κ2) is 3.93. The molecular weight excluding hydrogens is 144 g/mol. The molecule has 0 N–H and O–H groups in total. The minimum atomic E-state index is 0.499. The zero-order valence-electron chi connectivity index (χ0n) is 8.51. The highest BCUT2D eigenvalue weighted by molar-refractivity contribution is 5.04. The summed E-state index contributed by atoms with van der Waals surface area (Å²) in [6.45, 7) is 7.12. The second-order valence-electron chi connectivity index (χ2n) is 4.52. The van der Waals surface area contributed by atoms with Gasteiger partial charge in [-0.05, 0) is 30.6 Å². The van der Waals surface area contributed by atoms with Crippen LogP contribution in [0.3, 0.4) is 0 Å². The van der Waals surface area contributed by atoms with Crippen LogP contribution in [0, 0.1) is 11.3 Å². The summed E-state index contributed by atoms with van der Waals surface area (Å²) in [7, 11) is 0. The van der Waals surface area contributed by atoms with E-state index in [1.54, 1.807) is 0 Å². The van der Waals surface area contributed by atoms with Crippen molar-refractivity contribution >= 4 is 0 Å². The molecule has 0 aliphatic heterocycles. The van der Waals surface area contributed by atoms with Gasteiger partial charge in [0.2, 0.25) is 0 Å². The molecule has 0 radical (unpaired) electrons. The van der Waals surface area contributed by atoms with Crippen molar-refractivity contribution in [2.75, 3.05) is 0 Å². The van der Waals surface area contributed by atoms with Crippen LogP contribution in [0.25, 0.3) is 0 Å². The molecule has 0 heterocycles. The summed E-state index contributed by atoms with van der Waals surface area (Å²) in [5, 5.41) is 0. The van der Waals surface area contributed by atoms with Gasteiger partial charge in [-0.15, -0.1) is 0 Å². The fourth-order valence-corrected chi connectivity index (χ4v) is 1.56. The van der Waals surface area contributed by atoms with Crippen LogP contribution in [0.1, 0.15) is 40.0 Å². The summed E-state index contributed by atoms with van der Waals surface area (Å²) in [5.74, 6) is 0.800. The molecule has 0 fully saturated rings. The lowest BCUT2D eigenvalue weighted by Crippen LogP contribution is -2.20. The molecule has 0 aromatic rings. The first kappa shape index (κ1) is 9.57. The Hall–Kier alpha value is -0.520. The largest absolute Gasteiger partial charge is 0.0845 e. The van der Waals surface area contributed by atoms with Gasteiger partial charge >= 0.3 is 0 Å². The second-order valence-corrected chi connectivity index (χ2v) is 4.52. The van der Waals surface area contributed by atoms with E-state index in [1.807, 2.05) is 0 Å². The first-order chi connectivity index (χ1) is 5.63. The Balaban J connectivity index is 2.65. The highest BCUT2D eigenvalue weighted by Crippen LogP contribution is 2.34. The molecule has 1 aliphatic carbocycles. The van der Waals surface area contributed by atoms with Crippen LogP contribution in [-0.4, -0.2) is 0 Å². The van der Waals surface area contributed by atoms with Crippen molar-refractivity contribution in [3.8, 4) is 0 Å². The Bertz CT molecular complexity index is 184. The molecule has 68 valence electrons. The number of rotatable bonds is 0. The van der Waals surface area contributed by atoms with Gasteiger partial charge in [0.05, 0.1) is 0 Å². The SMILES string of the molecule is CC1C/C=C\C=C/CCC1(C)C. The van der Waals surface area contributed by atoms with Crippen LogP contribution in [0.5, 0.6) is 0 Å². The molecule has 1 atom stereocenters. The number of allylic oxidation sites excluding steroid dienone is 4. The van der Waals surface area contributed by atoms with Crippen molar-refractivity contribution in [2.45, 2.75) is 40.0 Å². The lowest BCUT2D eigenvalue weighted by molar-refractivity contribution is 0.215. The Morgan fingerprint density at radius 3 is 2.58 bits per heavy atom. The molecule has 0 nitrogen and oxygen atoms in total. The summed E-state index contributed by atoms with van der Waals surface area (Å²) in [4.78, 5) is 0. The zero-order chi connectivity index (χ0) is 9.03. The van der Waals surface area contributed by atoms with Crippen LogP contribution in [0.15, 0.2) is 24.3 Å². The molecule has 1 unspecified atom stereocenters. The van der Waals surface area contributed by atoms with Crippen LogP contribution in [-0.2, 0) is 0 Å². The third kappa shape index (κ3) is 2.51. The molecular formula is C12H20. The van der Waals surface area contributed by atoms with Crippen molar-refractivity contribution in [1.29, 1.82) is 0 Å². The quantitative estimate of drug-likeness (QED) is 0.508. The number of hydrogen-bond donors (Lipinski definition) is 0. The van der Waals surface area contributed by atoms with Gasteiger partial charge in [0.25, 0.3) is 0 Å². The average molecular weight is 164 g/mol. The average Bonchev–Trinajstić information content (AvgIpc) is 2.06. The van der Waals surface area contributed by atoms with E-state index in [0.717, 1.165) is 5.92 Å². The summed E-state index contributed by atoms with van der Waals surface area (Å²) in [6.07, 6.45) is 12.7. The maximum absolute atomic E-state index is 2.38. The highest BCUT2D eigenvalue weighted by Gasteiger charge is 2.23. The maximum Gasteiger partial charge on any atom is -0.0317 e. The Morgan fingerprint density at radius 2 is 1.83 bits per heavy atom. The molecule has 1 rings (SSSR count). The Kier molecular flexibility index (Phi) is 3.13. The molecule has 0 aromatic carbocycles. The fraction of sp³-hybridized carbons (Fsp3) is 0.667. The predicted octanol–water partition coefficient (Wildman–Crippen LogP) is 3.95. The summed E-state index contributed by atoms with van der Waals surface area (Å²) in [5.41, 5.74) is 0.499. The zero-order valence-corrected chi connectivity index (χ0v) is 8.51. The Labute approximate surface area is 76.4 Å². The van der Waals surface area contributed by atoms with E-state index < -0.39 is 0 Å². The molecule has 0 spiro atoms. The smallest absolute Gasteiger partial charge is 0.0317 e. The van der Waals surface area contributed by atoms with Crippen molar-refractivity contribution in [3.63, 3.8) is 0 Å². The van der Waals surface area contributed by atoms with Crippen molar-refractivity contribution in [3.05, 3.63) is 24.3 Å². The summed E-state index contributed by atoms with van der Waals surface area (Å²) >= 11 is 0. The monoisotopic (exact) mass is 164 g/mol.